The molecule has 0 N–H and O–H groups in total. The molecule has 0 spiro atoms. The zero-order chi connectivity index (χ0) is 16.8. The van der Waals surface area contributed by atoms with E-state index in [0.717, 1.165) is 17.1 Å². The molecule has 0 aromatic heterocycles. The van der Waals surface area contributed by atoms with Crippen molar-refractivity contribution in [1.29, 1.82) is 0 Å². The zero-order valence-corrected chi connectivity index (χ0v) is 14.4. The highest BCUT2D eigenvalue weighted by Crippen LogP contribution is 2.22. The number of hydrogen-bond acceptors (Lipinski definition) is 2. The van der Waals surface area contributed by atoms with Gasteiger partial charge in [-0.1, -0.05) is 59.6 Å². The summed E-state index contributed by atoms with van der Waals surface area (Å²) in [4.78, 5) is 0. The Morgan fingerprint density at radius 1 is 0.667 bits per heavy atom. The van der Waals surface area contributed by atoms with Crippen LogP contribution in [0.3, 0.4) is 0 Å². The van der Waals surface area contributed by atoms with Gasteiger partial charge in [0.15, 0.2) is 0 Å². The highest BCUT2D eigenvalue weighted by Gasteiger charge is 2.24. The fourth-order valence-corrected chi connectivity index (χ4v) is 2.90. The molecule has 0 amide bonds. The van der Waals surface area contributed by atoms with E-state index in [-0.39, 0.29) is 0 Å². The summed E-state index contributed by atoms with van der Waals surface area (Å²) >= 11 is 12.2. The van der Waals surface area contributed by atoms with E-state index in [9.17, 15) is 0 Å². The Morgan fingerprint density at radius 3 is 1.58 bits per heavy atom. The van der Waals surface area contributed by atoms with Gasteiger partial charge in [0.1, 0.15) is 11.5 Å². The molecule has 0 saturated carbocycles. The van der Waals surface area contributed by atoms with E-state index >= 15 is 0 Å². The molecule has 0 aliphatic carbocycles. The molecular weight excluding hydrogens is 342 g/mol. The van der Waals surface area contributed by atoms with Crippen LogP contribution in [-0.2, 0) is 6.32 Å². The van der Waals surface area contributed by atoms with Gasteiger partial charge in [0.25, 0.3) is 0 Å². The van der Waals surface area contributed by atoms with Crippen molar-refractivity contribution in [2.45, 2.75) is 6.32 Å². The summed E-state index contributed by atoms with van der Waals surface area (Å²) in [6.45, 7) is 0. The van der Waals surface area contributed by atoms with E-state index in [2.05, 4.69) is 0 Å². The van der Waals surface area contributed by atoms with Crippen LogP contribution in [0.15, 0.2) is 78.9 Å². The first-order valence-corrected chi connectivity index (χ1v) is 8.33. The van der Waals surface area contributed by atoms with Crippen LogP contribution < -0.4 is 9.31 Å². The summed E-state index contributed by atoms with van der Waals surface area (Å²) in [7, 11) is -0.496. The van der Waals surface area contributed by atoms with Crippen molar-refractivity contribution < 1.29 is 9.31 Å². The molecule has 3 rings (SSSR count). The highest BCUT2D eigenvalue weighted by molar-refractivity contribution is 6.46. The third kappa shape index (κ3) is 4.95. The summed E-state index contributed by atoms with van der Waals surface area (Å²) in [5.41, 5.74) is 0.948. The van der Waals surface area contributed by atoms with Gasteiger partial charge < -0.3 is 9.31 Å². The first-order valence-electron chi connectivity index (χ1n) is 7.57. The van der Waals surface area contributed by atoms with Gasteiger partial charge >= 0.3 is 7.12 Å². The summed E-state index contributed by atoms with van der Waals surface area (Å²) in [6, 6.07) is 24.6. The van der Waals surface area contributed by atoms with Crippen molar-refractivity contribution in [2.75, 3.05) is 0 Å². The van der Waals surface area contributed by atoms with E-state index in [0.29, 0.717) is 16.4 Å². The Hall–Kier alpha value is -2.10. The summed E-state index contributed by atoms with van der Waals surface area (Å²) in [5, 5.41) is 1.19. The molecule has 5 heteroatoms. The number of rotatable bonds is 6. The standard InChI is InChI=1S/C19H15BCl2O2/c21-16-11-15(12-17(22)13-16)14-20(23-18-7-3-1-4-8-18)24-19-9-5-2-6-10-19/h1-13H,14H2. The molecule has 0 aliphatic heterocycles. The van der Waals surface area contributed by atoms with Gasteiger partial charge in [0.05, 0.1) is 0 Å². The van der Waals surface area contributed by atoms with Gasteiger partial charge in [0, 0.05) is 16.4 Å². The third-order valence-corrected chi connectivity index (χ3v) is 3.78. The molecule has 120 valence electrons. The molecule has 0 saturated heterocycles. The van der Waals surface area contributed by atoms with Crippen molar-refractivity contribution in [3.05, 3.63) is 94.5 Å². The molecular formula is C19H15BCl2O2. The first kappa shape index (κ1) is 16.8. The zero-order valence-electron chi connectivity index (χ0n) is 12.9. The Kier molecular flexibility index (Phi) is 5.68. The highest BCUT2D eigenvalue weighted by atomic mass is 35.5. The van der Waals surface area contributed by atoms with Gasteiger partial charge in [-0.15, -0.1) is 0 Å². The Labute approximate surface area is 152 Å². The predicted octanol–water partition coefficient (Wildman–Crippen LogP) is 5.72. The second kappa shape index (κ2) is 8.14. The molecule has 0 atom stereocenters. The second-order valence-corrected chi connectivity index (χ2v) is 6.15. The van der Waals surface area contributed by atoms with Crippen LogP contribution in [0.4, 0.5) is 0 Å². The van der Waals surface area contributed by atoms with Gasteiger partial charge in [-0.3, -0.25) is 0 Å². The second-order valence-electron chi connectivity index (χ2n) is 5.27. The largest absolute Gasteiger partial charge is 0.599 e. The molecule has 2 nitrogen and oxygen atoms in total. The van der Waals surface area contributed by atoms with Gasteiger partial charge in [-0.25, -0.2) is 0 Å². The number of hydrogen-bond donors (Lipinski definition) is 0. The topological polar surface area (TPSA) is 18.5 Å². The number of halogens is 2. The van der Waals surface area contributed by atoms with Crippen molar-refractivity contribution >= 4 is 30.3 Å². The van der Waals surface area contributed by atoms with Crippen LogP contribution in [0, 0.1) is 0 Å². The molecule has 0 aliphatic rings. The van der Waals surface area contributed by atoms with E-state index in [1.54, 1.807) is 6.07 Å². The van der Waals surface area contributed by atoms with Gasteiger partial charge in [-0.05, 0) is 48.0 Å². The van der Waals surface area contributed by atoms with E-state index in [1.807, 2.05) is 72.8 Å². The molecule has 0 radical (unpaired) electrons. The maximum Gasteiger partial charge on any atom is 0.599 e. The predicted molar refractivity (Wildman–Crippen MR) is 100 cm³/mol. The summed E-state index contributed by atoms with van der Waals surface area (Å²) in [5.74, 6) is 1.48. The monoisotopic (exact) mass is 356 g/mol. The van der Waals surface area contributed by atoms with Crippen LogP contribution in [0.25, 0.3) is 0 Å². The fraction of sp³-hybridized carbons (Fsp3) is 0.0526. The number of para-hydroxylation sites is 2. The lowest BCUT2D eigenvalue weighted by Gasteiger charge is -2.17. The maximum atomic E-state index is 6.09. The minimum Gasteiger partial charge on any atom is -0.526 e. The molecule has 0 fully saturated rings. The Bertz CT molecular complexity index is 720. The lowest BCUT2D eigenvalue weighted by molar-refractivity contribution is 0.420. The van der Waals surface area contributed by atoms with Crippen LogP contribution >= 0.6 is 23.2 Å². The SMILES string of the molecule is Clc1cc(Cl)cc(CB(Oc2ccccc2)Oc2ccccc2)c1. The third-order valence-electron chi connectivity index (χ3n) is 3.35. The van der Waals surface area contributed by atoms with Crippen molar-refractivity contribution in [3.63, 3.8) is 0 Å². The molecule has 3 aromatic carbocycles. The van der Waals surface area contributed by atoms with E-state index < -0.39 is 7.12 Å². The Morgan fingerprint density at radius 2 is 1.12 bits per heavy atom. The van der Waals surface area contributed by atoms with E-state index in [1.165, 1.54) is 0 Å². The quantitative estimate of drug-likeness (QED) is 0.526. The lowest BCUT2D eigenvalue weighted by Crippen LogP contribution is -2.33. The van der Waals surface area contributed by atoms with Crippen LogP contribution in [0.1, 0.15) is 5.56 Å². The minimum atomic E-state index is -0.496. The van der Waals surface area contributed by atoms with Crippen molar-refractivity contribution in [2.24, 2.45) is 0 Å². The van der Waals surface area contributed by atoms with Gasteiger partial charge in [0.2, 0.25) is 0 Å². The number of benzene rings is 3. The average molecular weight is 357 g/mol. The summed E-state index contributed by atoms with van der Waals surface area (Å²) in [6.07, 6.45) is 0.518. The van der Waals surface area contributed by atoms with Crippen LogP contribution in [0.5, 0.6) is 11.5 Å². The fourth-order valence-electron chi connectivity index (χ4n) is 2.33. The molecule has 0 unspecified atom stereocenters. The minimum absolute atomic E-state index is 0.496. The Balaban J connectivity index is 1.80. The molecule has 0 heterocycles. The lowest BCUT2D eigenvalue weighted by atomic mass is 9.80. The first-order chi connectivity index (χ1) is 11.7. The average Bonchev–Trinajstić information content (AvgIpc) is 2.55. The molecule has 24 heavy (non-hydrogen) atoms. The van der Waals surface area contributed by atoms with E-state index in [4.69, 9.17) is 32.5 Å². The van der Waals surface area contributed by atoms with Crippen molar-refractivity contribution in [3.8, 4) is 11.5 Å². The van der Waals surface area contributed by atoms with Gasteiger partial charge in [-0.2, -0.15) is 0 Å². The maximum absolute atomic E-state index is 6.09. The molecule has 0 bridgehead atoms. The summed E-state index contributed by atoms with van der Waals surface area (Å²) < 4.78 is 12.0. The normalized spacial score (nSPS) is 10.2. The smallest absolute Gasteiger partial charge is 0.526 e. The van der Waals surface area contributed by atoms with Crippen molar-refractivity contribution in [1.82, 2.24) is 0 Å². The van der Waals surface area contributed by atoms with Crippen LogP contribution in [-0.4, -0.2) is 7.12 Å². The van der Waals surface area contributed by atoms with Crippen LogP contribution in [0.2, 0.25) is 10.0 Å². The molecule has 3 aromatic rings.